The Kier molecular flexibility index (Phi) is 5.83. The monoisotopic (exact) mass is 373 g/mol. The number of aliphatic hydroxyl groups is 1. The molecule has 0 saturated heterocycles. The van der Waals surface area contributed by atoms with E-state index < -0.39 is 16.8 Å². The first-order valence-corrected chi connectivity index (χ1v) is 8.87. The van der Waals surface area contributed by atoms with E-state index >= 15 is 0 Å². The van der Waals surface area contributed by atoms with Crippen LogP contribution in [0.15, 0.2) is 29.6 Å². The molecule has 0 spiro atoms. The Morgan fingerprint density at radius 2 is 2.08 bits per heavy atom. The second-order valence-electron chi connectivity index (χ2n) is 6.43. The zero-order chi connectivity index (χ0) is 18.7. The number of anilines is 1. The van der Waals surface area contributed by atoms with Crippen LogP contribution in [0, 0.1) is 12.3 Å². The molecule has 0 aliphatic carbocycles. The summed E-state index contributed by atoms with van der Waals surface area (Å²) in [4.78, 5) is 16.3. The van der Waals surface area contributed by atoms with Crippen molar-refractivity contribution in [2.45, 2.75) is 17.7 Å². The van der Waals surface area contributed by atoms with Crippen LogP contribution >= 0.6 is 22.9 Å². The Balaban J connectivity index is 2.15. The van der Waals surface area contributed by atoms with E-state index in [9.17, 15) is 9.90 Å². The van der Waals surface area contributed by atoms with E-state index in [1.165, 1.54) is 11.3 Å². The quantitative estimate of drug-likeness (QED) is 0.535. The smallest absolute Gasteiger partial charge is 0.321 e. The number of rotatable bonds is 5. The van der Waals surface area contributed by atoms with Crippen molar-refractivity contribution >= 4 is 49.8 Å². The molecule has 2 rings (SSSR count). The molecule has 9 heteroatoms. The third kappa shape index (κ3) is 5.02. The first-order chi connectivity index (χ1) is 11.6. The summed E-state index contributed by atoms with van der Waals surface area (Å²) in [5.41, 5.74) is 0.827. The van der Waals surface area contributed by atoms with Crippen molar-refractivity contribution in [2.24, 2.45) is 0 Å². The molecule has 0 aliphatic rings. The lowest BCUT2D eigenvalue weighted by Gasteiger charge is -2.22. The maximum Gasteiger partial charge on any atom is 0.321 e. The minimum absolute atomic E-state index is 0.129. The summed E-state index contributed by atoms with van der Waals surface area (Å²) >= 11 is 7.22. The lowest BCUT2D eigenvalue weighted by atomic mass is 9.65. The number of urea groups is 1. The number of amides is 2. The Morgan fingerprint density at radius 3 is 2.64 bits per heavy atom. The SMILES string of the molecule is BC(B)(O)CNC(=O)Nc1nc(C(C)(C#C)c2ccc(Cl)cc2)cs1. The molecule has 0 bridgehead atoms. The molecule has 1 aromatic heterocycles. The average Bonchev–Trinajstić information content (AvgIpc) is 3.01. The molecule has 128 valence electrons. The summed E-state index contributed by atoms with van der Waals surface area (Å²) < 4.78 is 0. The average molecular weight is 373 g/mol. The second kappa shape index (κ2) is 7.52. The molecule has 2 amide bonds. The Morgan fingerprint density at radius 1 is 1.44 bits per heavy atom. The maximum absolute atomic E-state index is 11.9. The van der Waals surface area contributed by atoms with Gasteiger partial charge in [-0.25, -0.2) is 9.78 Å². The molecule has 5 nitrogen and oxygen atoms in total. The van der Waals surface area contributed by atoms with Crippen molar-refractivity contribution in [3.8, 4) is 12.3 Å². The van der Waals surface area contributed by atoms with Gasteiger partial charge in [0.15, 0.2) is 5.13 Å². The number of hydrogen-bond donors (Lipinski definition) is 3. The molecule has 1 unspecified atom stereocenters. The molecule has 0 radical (unpaired) electrons. The van der Waals surface area contributed by atoms with Crippen molar-refractivity contribution in [1.82, 2.24) is 10.3 Å². The van der Waals surface area contributed by atoms with Gasteiger partial charge in [-0.3, -0.25) is 5.32 Å². The number of nitrogens with zero attached hydrogens (tertiary/aromatic N) is 1. The number of thiazole rings is 1. The third-order valence-corrected chi connectivity index (χ3v) is 4.64. The maximum atomic E-state index is 11.9. The summed E-state index contributed by atoms with van der Waals surface area (Å²) in [6.45, 7) is 2.02. The van der Waals surface area contributed by atoms with Crippen molar-refractivity contribution in [1.29, 1.82) is 0 Å². The van der Waals surface area contributed by atoms with Crippen molar-refractivity contribution in [3.63, 3.8) is 0 Å². The van der Waals surface area contributed by atoms with Crippen LogP contribution < -0.4 is 10.6 Å². The van der Waals surface area contributed by atoms with Gasteiger partial charge in [0, 0.05) is 22.3 Å². The number of hydrogen-bond acceptors (Lipinski definition) is 4. The van der Waals surface area contributed by atoms with Crippen molar-refractivity contribution < 1.29 is 9.90 Å². The summed E-state index contributed by atoms with van der Waals surface area (Å²) in [7, 11) is 3.22. The van der Waals surface area contributed by atoms with Gasteiger partial charge in [0.05, 0.1) is 11.1 Å². The molecule has 0 aliphatic heterocycles. The summed E-state index contributed by atoms with van der Waals surface area (Å²) in [5, 5.41) is 16.8. The van der Waals surface area contributed by atoms with Gasteiger partial charge in [0.1, 0.15) is 15.7 Å². The number of nitrogens with one attached hydrogen (secondary N) is 2. The van der Waals surface area contributed by atoms with Crippen LogP contribution in [-0.4, -0.2) is 43.8 Å². The first kappa shape index (κ1) is 19.4. The van der Waals surface area contributed by atoms with Crippen molar-refractivity contribution in [2.75, 3.05) is 11.9 Å². The van der Waals surface area contributed by atoms with E-state index in [4.69, 9.17) is 18.0 Å². The molecule has 1 atom stereocenters. The highest BCUT2D eigenvalue weighted by Crippen LogP contribution is 2.33. The fourth-order valence-corrected chi connectivity index (χ4v) is 3.03. The van der Waals surface area contributed by atoms with Crippen LogP contribution in [0.1, 0.15) is 18.2 Å². The third-order valence-electron chi connectivity index (χ3n) is 3.63. The zero-order valence-corrected chi connectivity index (χ0v) is 15.8. The fraction of sp³-hybridized carbons (Fsp3) is 0.250. The number of aromatic nitrogens is 1. The summed E-state index contributed by atoms with van der Waals surface area (Å²) in [6, 6.07) is 6.86. The molecule has 2 aromatic rings. The first-order valence-electron chi connectivity index (χ1n) is 7.61. The molecule has 0 saturated carbocycles. The zero-order valence-electron chi connectivity index (χ0n) is 14.3. The predicted octanol–water partition coefficient (Wildman–Crippen LogP) is 0.770. The highest BCUT2D eigenvalue weighted by molar-refractivity contribution is 7.14. The number of carbonyl (C=O) groups excluding carboxylic acids is 1. The minimum Gasteiger partial charge on any atom is -0.406 e. The van der Waals surface area contributed by atoms with Crippen LogP contribution in [0.3, 0.4) is 0 Å². The van der Waals surface area contributed by atoms with Gasteiger partial charge < -0.3 is 10.4 Å². The minimum atomic E-state index is -0.984. The van der Waals surface area contributed by atoms with E-state index in [1.807, 2.05) is 24.4 Å². The van der Waals surface area contributed by atoms with Crippen LogP contribution in [0.4, 0.5) is 9.93 Å². The Hall–Kier alpha value is -1.94. The molecule has 1 heterocycles. The topological polar surface area (TPSA) is 74.2 Å². The highest BCUT2D eigenvalue weighted by Gasteiger charge is 2.29. The number of halogens is 1. The highest BCUT2D eigenvalue weighted by atomic mass is 35.5. The summed E-state index contributed by atoms with van der Waals surface area (Å²) in [5.74, 6) is 2.78. The molecule has 3 N–H and O–H groups in total. The Labute approximate surface area is 158 Å². The van der Waals surface area contributed by atoms with Gasteiger partial charge in [0.25, 0.3) is 0 Å². The molecular formula is C16H18B2ClN3O2S. The van der Waals surface area contributed by atoms with Gasteiger partial charge in [0.2, 0.25) is 0 Å². The van der Waals surface area contributed by atoms with Gasteiger partial charge in [-0.2, -0.15) is 0 Å². The van der Waals surface area contributed by atoms with Gasteiger partial charge in [-0.15, -0.1) is 17.8 Å². The van der Waals surface area contributed by atoms with Crippen LogP contribution in [0.2, 0.25) is 5.02 Å². The number of terminal acetylenes is 1. The molecule has 0 fully saturated rings. The normalized spacial score (nSPS) is 13.5. The second-order valence-corrected chi connectivity index (χ2v) is 7.73. The standard InChI is InChI=1S/C16H18B2ClN3O2S/c1-3-15(2,10-4-6-11(19)7-5-10)12-8-25-14(21-12)22-13(23)20-9-16(17,18)24/h1,4-8,24H,9,17-18H2,2H3,(H2,20,21,22,23). The van der Waals surface area contributed by atoms with Gasteiger partial charge in [-0.05, 0) is 24.6 Å². The fourth-order valence-electron chi connectivity index (χ4n) is 2.09. The Bertz CT molecular complexity index is 799. The molecular weight excluding hydrogens is 355 g/mol. The lowest BCUT2D eigenvalue weighted by Crippen LogP contribution is -2.45. The van der Waals surface area contributed by atoms with E-state index in [0.29, 0.717) is 15.8 Å². The van der Waals surface area contributed by atoms with Gasteiger partial charge in [-0.1, -0.05) is 29.7 Å². The number of carbonyl (C=O) groups is 1. The van der Waals surface area contributed by atoms with E-state index in [2.05, 4.69) is 21.5 Å². The number of benzene rings is 1. The lowest BCUT2D eigenvalue weighted by molar-refractivity contribution is 0.205. The summed E-state index contributed by atoms with van der Waals surface area (Å²) in [6.07, 6.45) is 5.77. The van der Waals surface area contributed by atoms with Crippen LogP contribution in [0.5, 0.6) is 0 Å². The van der Waals surface area contributed by atoms with E-state index in [-0.39, 0.29) is 6.54 Å². The van der Waals surface area contributed by atoms with Gasteiger partial charge >= 0.3 is 6.03 Å². The van der Waals surface area contributed by atoms with Crippen molar-refractivity contribution in [3.05, 3.63) is 45.9 Å². The van der Waals surface area contributed by atoms with E-state index in [1.54, 1.807) is 27.8 Å². The molecule has 1 aromatic carbocycles. The predicted molar refractivity (Wildman–Crippen MR) is 108 cm³/mol. The largest absolute Gasteiger partial charge is 0.406 e. The molecule has 25 heavy (non-hydrogen) atoms. The van der Waals surface area contributed by atoms with Crippen LogP contribution in [0.25, 0.3) is 0 Å². The van der Waals surface area contributed by atoms with E-state index in [0.717, 1.165) is 5.56 Å². The van der Waals surface area contributed by atoms with Crippen LogP contribution in [-0.2, 0) is 5.41 Å².